The van der Waals surface area contributed by atoms with Gasteiger partial charge in [0, 0.05) is 42.0 Å². The molecule has 0 aliphatic carbocycles. The third-order valence-electron chi connectivity index (χ3n) is 4.32. The van der Waals surface area contributed by atoms with Gasteiger partial charge in [-0.05, 0) is 48.7 Å². The minimum atomic E-state index is -0.505. The molecule has 1 aliphatic rings. The standard InChI is InChI=1S/C19H19N3O4/c1-2-11-21-17-9-6-15(12-14(17)5-10-18(21)23)20-19(24)13-3-7-16(8-4-13)22(25)26/h3-4,6-9,12H,2,5,10-11H2,1H3,(H,20,24). The maximum absolute atomic E-state index is 12.3. The highest BCUT2D eigenvalue weighted by molar-refractivity contribution is 6.05. The van der Waals surface area contributed by atoms with Crippen molar-refractivity contribution < 1.29 is 14.5 Å². The number of nitrogens with one attached hydrogen (secondary N) is 1. The van der Waals surface area contributed by atoms with Crippen molar-refractivity contribution in [2.45, 2.75) is 26.2 Å². The summed E-state index contributed by atoms with van der Waals surface area (Å²) >= 11 is 0. The average molecular weight is 353 g/mol. The summed E-state index contributed by atoms with van der Waals surface area (Å²) in [4.78, 5) is 36.4. The van der Waals surface area contributed by atoms with E-state index < -0.39 is 4.92 Å². The molecule has 134 valence electrons. The number of fused-ring (bicyclic) bond motifs is 1. The van der Waals surface area contributed by atoms with Crippen LogP contribution in [0, 0.1) is 10.1 Å². The summed E-state index contributed by atoms with van der Waals surface area (Å²) in [6.45, 7) is 2.71. The third kappa shape index (κ3) is 3.56. The van der Waals surface area contributed by atoms with Crippen molar-refractivity contribution in [2.75, 3.05) is 16.8 Å². The molecule has 3 rings (SSSR count). The first-order valence-electron chi connectivity index (χ1n) is 8.48. The molecule has 0 bridgehead atoms. The molecule has 0 atom stereocenters. The smallest absolute Gasteiger partial charge is 0.269 e. The molecule has 0 radical (unpaired) electrons. The van der Waals surface area contributed by atoms with Crippen molar-refractivity contribution in [2.24, 2.45) is 0 Å². The molecule has 2 aromatic rings. The van der Waals surface area contributed by atoms with Gasteiger partial charge in [0.1, 0.15) is 0 Å². The summed E-state index contributed by atoms with van der Waals surface area (Å²) in [5.74, 6) is -0.209. The zero-order valence-electron chi connectivity index (χ0n) is 14.4. The van der Waals surface area contributed by atoms with E-state index in [4.69, 9.17) is 0 Å². The Morgan fingerprint density at radius 1 is 1.19 bits per heavy atom. The SMILES string of the molecule is CCCN1C(=O)CCc2cc(NC(=O)c3ccc([N+](=O)[O-])cc3)ccc21. The van der Waals surface area contributed by atoms with Gasteiger partial charge in [-0.2, -0.15) is 0 Å². The van der Waals surface area contributed by atoms with Crippen LogP contribution in [0.2, 0.25) is 0 Å². The van der Waals surface area contributed by atoms with Crippen molar-refractivity contribution in [1.29, 1.82) is 0 Å². The molecule has 2 aromatic carbocycles. The molecule has 7 heteroatoms. The number of nitro groups is 1. The first-order chi connectivity index (χ1) is 12.5. The molecule has 7 nitrogen and oxygen atoms in total. The number of benzene rings is 2. The molecule has 2 amide bonds. The van der Waals surface area contributed by atoms with Crippen LogP contribution in [0.5, 0.6) is 0 Å². The van der Waals surface area contributed by atoms with Crippen LogP contribution in [0.25, 0.3) is 0 Å². The number of amides is 2. The predicted molar refractivity (Wildman–Crippen MR) is 98.5 cm³/mol. The fourth-order valence-electron chi connectivity index (χ4n) is 3.04. The van der Waals surface area contributed by atoms with Gasteiger partial charge in [-0.25, -0.2) is 0 Å². The first-order valence-corrected chi connectivity index (χ1v) is 8.48. The zero-order chi connectivity index (χ0) is 18.7. The largest absolute Gasteiger partial charge is 0.322 e. The Morgan fingerprint density at radius 3 is 2.58 bits per heavy atom. The van der Waals surface area contributed by atoms with Gasteiger partial charge < -0.3 is 10.2 Å². The van der Waals surface area contributed by atoms with Crippen LogP contribution in [-0.2, 0) is 11.2 Å². The van der Waals surface area contributed by atoms with Gasteiger partial charge in [-0.1, -0.05) is 6.92 Å². The van der Waals surface area contributed by atoms with Gasteiger partial charge >= 0.3 is 0 Å². The minimum absolute atomic E-state index is 0.0592. The first kappa shape index (κ1) is 17.6. The summed E-state index contributed by atoms with van der Waals surface area (Å²) in [6.07, 6.45) is 1.99. The van der Waals surface area contributed by atoms with Crippen LogP contribution in [-0.4, -0.2) is 23.3 Å². The number of carbonyl (C=O) groups excluding carboxylic acids is 2. The number of nitrogens with zero attached hydrogens (tertiary/aromatic N) is 2. The number of rotatable bonds is 5. The van der Waals surface area contributed by atoms with E-state index in [1.54, 1.807) is 11.0 Å². The van der Waals surface area contributed by atoms with E-state index in [0.717, 1.165) is 17.7 Å². The fourth-order valence-corrected chi connectivity index (χ4v) is 3.04. The summed E-state index contributed by atoms with van der Waals surface area (Å²) in [6, 6.07) is 11.0. The minimum Gasteiger partial charge on any atom is -0.322 e. The summed E-state index contributed by atoms with van der Waals surface area (Å²) < 4.78 is 0. The Balaban J connectivity index is 1.77. The average Bonchev–Trinajstić information content (AvgIpc) is 2.64. The van der Waals surface area contributed by atoms with Gasteiger partial charge in [0.25, 0.3) is 11.6 Å². The number of aryl methyl sites for hydroxylation is 1. The molecule has 0 saturated carbocycles. The monoisotopic (exact) mass is 353 g/mol. The molecule has 0 fully saturated rings. The predicted octanol–water partition coefficient (Wildman–Crippen LogP) is 3.54. The molecule has 1 N–H and O–H groups in total. The lowest BCUT2D eigenvalue weighted by atomic mass is 10.00. The van der Waals surface area contributed by atoms with Crippen molar-refractivity contribution in [1.82, 2.24) is 0 Å². The number of carbonyl (C=O) groups is 2. The second-order valence-corrected chi connectivity index (χ2v) is 6.15. The molecule has 0 aromatic heterocycles. The van der Waals surface area contributed by atoms with E-state index in [0.29, 0.717) is 30.6 Å². The van der Waals surface area contributed by atoms with Crippen molar-refractivity contribution in [3.63, 3.8) is 0 Å². The molecule has 1 heterocycles. The van der Waals surface area contributed by atoms with Crippen LogP contribution in [0.1, 0.15) is 35.7 Å². The Kier molecular flexibility index (Phi) is 4.97. The van der Waals surface area contributed by atoms with Gasteiger partial charge in [0.05, 0.1) is 4.92 Å². The lowest BCUT2D eigenvalue weighted by molar-refractivity contribution is -0.384. The molecule has 0 spiro atoms. The van der Waals surface area contributed by atoms with E-state index in [9.17, 15) is 19.7 Å². The number of non-ortho nitro benzene ring substituents is 1. The van der Waals surface area contributed by atoms with Crippen LogP contribution >= 0.6 is 0 Å². The Bertz CT molecular complexity index is 862. The second-order valence-electron chi connectivity index (χ2n) is 6.15. The Morgan fingerprint density at radius 2 is 1.92 bits per heavy atom. The van der Waals surface area contributed by atoms with E-state index in [-0.39, 0.29) is 17.5 Å². The van der Waals surface area contributed by atoms with Crippen molar-refractivity contribution in [3.05, 3.63) is 63.7 Å². The van der Waals surface area contributed by atoms with Gasteiger partial charge in [-0.15, -0.1) is 0 Å². The lowest BCUT2D eigenvalue weighted by Gasteiger charge is -2.29. The van der Waals surface area contributed by atoms with Gasteiger partial charge in [0.15, 0.2) is 0 Å². The Hall–Kier alpha value is -3.22. The Labute approximate surface area is 150 Å². The summed E-state index contributed by atoms with van der Waals surface area (Å²) in [5, 5.41) is 13.5. The van der Waals surface area contributed by atoms with Crippen LogP contribution < -0.4 is 10.2 Å². The maximum atomic E-state index is 12.3. The molecular formula is C19H19N3O4. The zero-order valence-corrected chi connectivity index (χ0v) is 14.4. The molecule has 1 aliphatic heterocycles. The van der Waals surface area contributed by atoms with Gasteiger partial charge in [-0.3, -0.25) is 19.7 Å². The quantitative estimate of drug-likeness (QED) is 0.657. The van der Waals surface area contributed by atoms with E-state index in [2.05, 4.69) is 5.32 Å². The van der Waals surface area contributed by atoms with E-state index in [1.165, 1.54) is 24.3 Å². The normalized spacial score (nSPS) is 13.3. The van der Waals surface area contributed by atoms with E-state index >= 15 is 0 Å². The number of hydrogen-bond donors (Lipinski definition) is 1. The number of hydrogen-bond acceptors (Lipinski definition) is 4. The molecular weight excluding hydrogens is 334 g/mol. The highest BCUT2D eigenvalue weighted by Crippen LogP contribution is 2.30. The topological polar surface area (TPSA) is 92.6 Å². The van der Waals surface area contributed by atoms with Crippen LogP contribution in [0.15, 0.2) is 42.5 Å². The maximum Gasteiger partial charge on any atom is 0.269 e. The van der Waals surface area contributed by atoms with Gasteiger partial charge in [0.2, 0.25) is 5.91 Å². The highest BCUT2D eigenvalue weighted by atomic mass is 16.6. The second kappa shape index (κ2) is 7.35. The molecule has 26 heavy (non-hydrogen) atoms. The van der Waals surface area contributed by atoms with Crippen LogP contribution in [0.4, 0.5) is 17.1 Å². The van der Waals surface area contributed by atoms with Crippen molar-refractivity contribution >= 4 is 28.9 Å². The number of nitro benzene ring substituents is 1. The molecule has 0 unspecified atom stereocenters. The van der Waals surface area contributed by atoms with Crippen LogP contribution in [0.3, 0.4) is 0 Å². The summed E-state index contributed by atoms with van der Waals surface area (Å²) in [7, 11) is 0. The summed E-state index contributed by atoms with van der Waals surface area (Å²) in [5.41, 5.74) is 2.85. The fraction of sp³-hybridized carbons (Fsp3) is 0.263. The highest BCUT2D eigenvalue weighted by Gasteiger charge is 2.23. The third-order valence-corrected chi connectivity index (χ3v) is 4.32. The number of anilines is 2. The lowest BCUT2D eigenvalue weighted by Crippen LogP contribution is -2.35. The molecule has 0 saturated heterocycles. The van der Waals surface area contributed by atoms with E-state index in [1.807, 2.05) is 19.1 Å². The van der Waals surface area contributed by atoms with Crippen molar-refractivity contribution in [3.8, 4) is 0 Å².